The van der Waals surface area contributed by atoms with E-state index in [-0.39, 0.29) is 28.5 Å². The summed E-state index contributed by atoms with van der Waals surface area (Å²) in [6.07, 6.45) is 0.636. The molecule has 9 nitrogen and oxygen atoms in total. The first-order valence-corrected chi connectivity index (χ1v) is 10.7. The monoisotopic (exact) mass is 459 g/mol. The van der Waals surface area contributed by atoms with Crippen molar-refractivity contribution < 1.29 is 23.8 Å². The summed E-state index contributed by atoms with van der Waals surface area (Å²) >= 11 is 7.10. The second kappa shape index (κ2) is 9.71. The van der Waals surface area contributed by atoms with Gasteiger partial charge in [-0.3, -0.25) is 4.79 Å². The summed E-state index contributed by atoms with van der Waals surface area (Å²) in [6, 6.07) is -0.366. The fraction of sp³-hybridized carbons (Fsp3) is 0.556. The van der Waals surface area contributed by atoms with Crippen molar-refractivity contribution in [3.63, 3.8) is 0 Å². The first-order chi connectivity index (χ1) is 14.3. The largest absolute Gasteiger partial charge is 0.477 e. The summed E-state index contributed by atoms with van der Waals surface area (Å²) in [7, 11) is 0. The molecule has 2 atom stereocenters. The van der Waals surface area contributed by atoms with Gasteiger partial charge in [-0.25, -0.2) is 19.2 Å². The predicted octanol–water partition coefficient (Wildman–Crippen LogP) is 2.45. The number of carbonyl (C=O) groups excluding carboxylic acids is 1. The Balaban J connectivity index is 1.72. The SMILES string of the molecule is CCc1[nH]c(C(=O)N[C@@H]2CCN(c3nc(C)c(C(=O)O)s3)C[C@@H]2OCCF)nc1Cl. The maximum atomic E-state index is 12.7. The number of nitrogens with zero attached hydrogens (tertiary/aromatic N) is 3. The quantitative estimate of drug-likeness (QED) is 0.554. The molecule has 0 unspecified atom stereocenters. The van der Waals surface area contributed by atoms with E-state index < -0.39 is 24.7 Å². The number of hydrogen-bond acceptors (Lipinski definition) is 7. The highest BCUT2D eigenvalue weighted by Gasteiger charge is 2.33. The minimum Gasteiger partial charge on any atom is -0.477 e. The van der Waals surface area contributed by atoms with Crippen LogP contribution in [0.3, 0.4) is 0 Å². The lowest BCUT2D eigenvalue weighted by Gasteiger charge is -2.38. The number of H-pyrrole nitrogens is 1. The van der Waals surface area contributed by atoms with E-state index in [0.29, 0.717) is 42.5 Å². The van der Waals surface area contributed by atoms with Crippen LogP contribution in [0.4, 0.5) is 9.52 Å². The van der Waals surface area contributed by atoms with Crippen LogP contribution >= 0.6 is 22.9 Å². The van der Waals surface area contributed by atoms with E-state index >= 15 is 0 Å². The van der Waals surface area contributed by atoms with E-state index in [4.69, 9.17) is 16.3 Å². The summed E-state index contributed by atoms with van der Waals surface area (Å²) in [6.45, 7) is 3.67. The average Bonchev–Trinajstić information content (AvgIpc) is 3.29. The molecule has 1 amide bonds. The molecule has 2 aromatic rings. The minimum absolute atomic E-state index is 0.102. The number of piperidine rings is 1. The number of hydrogen-bond donors (Lipinski definition) is 3. The third kappa shape index (κ3) is 4.90. The van der Waals surface area contributed by atoms with Gasteiger partial charge < -0.3 is 25.0 Å². The molecule has 30 heavy (non-hydrogen) atoms. The number of thiazole rings is 1. The number of amides is 1. The molecule has 1 aliphatic heterocycles. The number of imidazole rings is 1. The Kier molecular flexibility index (Phi) is 7.27. The minimum atomic E-state index is -1.02. The molecule has 0 spiro atoms. The number of alkyl halides is 1. The molecule has 1 aliphatic rings. The third-order valence-electron chi connectivity index (χ3n) is 4.83. The number of anilines is 1. The Morgan fingerprint density at radius 3 is 2.83 bits per heavy atom. The number of rotatable bonds is 8. The van der Waals surface area contributed by atoms with Gasteiger partial charge in [-0.05, 0) is 19.8 Å². The number of carbonyl (C=O) groups is 2. The summed E-state index contributed by atoms with van der Waals surface area (Å²) in [5.41, 5.74) is 1.12. The van der Waals surface area contributed by atoms with E-state index in [1.807, 2.05) is 11.8 Å². The second-order valence-electron chi connectivity index (χ2n) is 6.84. The van der Waals surface area contributed by atoms with E-state index in [9.17, 15) is 19.1 Å². The maximum absolute atomic E-state index is 12.7. The lowest BCUT2D eigenvalue weighted by atomic mass is 10.0. The van der Waals surface area contributed by atoms with Crippen molar-refractivity contribution in [3.05, 3.63) is 27.2 Å². The Bertz CT molecular complexity index is 921. The standard InChI is InChI=1S/C18H23ClFN5O4S/c1-3-10-14(19)24-15(22-10)16(26)23-11-4-6-25(8-12(11)29-7-5-20)18-21-9(2)13(30-18)17(27)28/h11-12H,3-8H2,1-2H3,(H,22,24)(H,23,26)(H,27,28)/t11-,12+/m1/s1. The van der Waals surface area contributed by atoms with Crippen LogP contribution in [-0.4, -0.2) is 70.5 Å². The van der Waals surface area contributed by atoms with Crippen molar-refractivity contribution >= 4 is 39.9 Å². The van der Waals surface area contributed by atoms with Crippen LogP contribution in [0.25, 0.3) is 0 Å². The summed E-state index contributed by atoms with van der Waals surface area (Å²) < 4.78 is 18.4. The number of aromatic nitrogens is 3. The lowest BCUT2D eigenvalue weighted by molar-refractivity contribution is 0.0140. The van der Waals surface area contributed by atoms with Gasteiger partial charge in [0.15, 0.2) is 16.1 Å². The van der Waals surface area contributed by atoms with E-state index in [0.717, 1.165) is 11.3 Å². The zero-order chi connectivity index (χ0) is 21.8. The maximum Gasteiger partial charge on any atom is 0.347 e. The summed E-state index contributed by atoms with van der Waals surface area (Å²) in [5.74, 6) is -1.32. The van der Waals surface area contributed by atoms with Gasteiger partial charge in [0.2, 0.25) is 0 Å². The average molecular weight is 460 g/mol. The molecular weight excluding hydrogens is 437 g/mol. The van der Waals surface area contributed by atoms with Gasteiger partial charge in [-0.1, -0.05) is 29.9 Å². The molecule has 1 fully saturated rings. The first-order valence-electron chi connectivity index (χ1n) is 9.52. The molecule has 164 valence electrons. The Labute approximate surface area is 181 Å². The fourth-order valence-electron chi connectivity index (χ4n) is 3.30. The smallest absolute Gasteiger partial charge is 0.347 e. The van der Waals surface area contributed by atoms with E-state index in [2.05, 4.69) is 20.3 Å². The number of aromatic carboxylic acids is 1. The van der Waals surface area contributed by atoms with Crippen LogP contribution in [0.2, 0.25) is 5.15 Å². The van der Waals surface area contributed by atoms with Crippen LogP contribution in [0.15, 0.2) is 0 Å². The number of nitrogens with one attached hydrogen (secondary N) is 2. The first kappa shape index (κ1) is 22.4. The molecule has 3 rings (SSSR count). The van der Waals surface area contributed by atoms with Gasteiger partial charge >= 0.3 is 5.97 Å². The highest BCUT2D eigenvalue weighted by Crippen LogP contribution is 2.29. The molecular formula is C18H23ClFN5O4S. The van der Waals surface area contributed by atoms with Crippen LogP contribution in [0, 0.1) is 6.92 Å². The topological polar surface area (TPSA) is 120 Å². The molecule has 0 aromatic carbocycles. The normalized spacial score (nSPS) is 19.1. The highest BCUT2D eigenvalue weighted by atomic mass is 35.5. The fourth-order valence-corrected chi connectivity index (χ4v) is 4.51. The third-order valence-corrected chi connectivity index (χ3v) is 6.35. The molecule has 2 aromatic heterocycles. The number of carboxylic acid groups (broad SMARTS) is 1. The molecule has 0 aliphatic carbocycles. The van der Waals surface area contributed by atoms with Crippen molar-refractivity contribution in [3.8, 4) is 0 Å². The van der Waals surface area contributed by atoms with Crippen molar-refractivity contribution in [1.29, 1.82) is 0 Å². The van der Waals surface area contributed by atoms with Crippen LogP contribution < -0.4 is 10.2 Å². The van der Waals surface area contributed by atoms with Crippen LogP contribution in [-0.2, 0) is 11.2 Å². The molecule has 0 saturated carbocycles. The summed E-state index contributed by atoms with van der Waals surface area (Å²) in [5, 5.41) is 13.0. The molecule has 3 heterocycles. The Morgan fingerprint density at radius 1 is 1.47 bits per heavy atom. The zero-order valence-corrected chi connectivity index (χ0v) is 18.1. The van der Waals surface area contributed by atoms with Crippen molar-refractivity contribution in [2.75, 3.05) is 31.3 Å². The number of halogens is 2. The zero-order valence-electron chi connectivity index (χ0n) is 16.6. The molecule has 0 bridgehead atoms. The number of aromatic amines is 1. The number of carboxylic acids is 1. The van der Waals surface area contributed by atoms with Gasteiger partial charge in [0.1, 0.15) is 11.6 Å². The summed E-state index contributed by atoms with van der Waals surface area (Å²) in [4.78, 5) is 37.3. The van der Waals surface area contributed by atoms with Gasteiger partial charge in [0.05, 0.1) is 30.1 Å². The van der Waals surface area contributed by atoms with Crippen molar-refractivity contribution in [2.45, 2.75) is 38.8 Å². The van der Waals surface area contributed by atoms with E-state index in [1.54, 1.807) is 6.92 Å². The molecule has 0 radical (unpaired) electrons. The van der Waals surface area contributed by atoms with Gasteiger partial charge in [-0.2, -0.15) is 0 Å². The predicted molar refractivity (Wildman–Crippen MR) is 111 cm³/mol. The Hall–Kier alpha value is -2.24. The Morgan fingerprint density at radius 2 is 2.23 bits per heavy atom. The van der Waals surface area contributed by atoms with Crippen LogP contribution in [0.1, 0.15) is 45.0 Å². The molecule has 3 N–H and O–H groups in total. The van der Waals surface area contributed by atoms with Crippen molar-refractivity contribution in [2.24, 2.45) is 0 Å². The highest BCUT2D eigenvalue weighted by molar-refractivity contribution is 7.17. The van der Waals surface area contributed by atoms with Gasteiger partial charge in [0, 0.05) is 13.1 Å². The second-order valence-corrected chi connectivity index (χ2v) is 8.17. The molecule has 12 heteroatoms. The van der Waals surface area contributed by atoms with Gasteiger partial charge in [0.25, 0.3) is 5.91 Å². The number of aryl methyl sites for hydroxylation is 2. The van der Waals surface area contributed by atoms with E-state index in [1.165, 1.54) is 0 Å². The van der Waals surface area contributed by atoms with Gasteiger partial charge in [-0.15, -0.1) is 0 Å². The van der Waals surface area contributed by atoms with Crippen molar-refractivity contribution in [1.82, 2.24) is 20.3 Å². The lowest BCUT2D eigenvalue weighted by Crippen LogP contribution is -2.55. The van der Waals surface area contributed by atoms with Crippen LogP contribution in [0.5, 0.6) is 0 Å². The molecule has 1 saturated heterocycles. The number of ether oxygens (including phenoxy) is 1.